The quantitative estimate of drug-likeness (QED) is 0.256. The average Bonchev–Trinajstić information content (AvgIpc) is 3.42. The van der Waals surface area contributed by atoms with Gasteiger partial charge in [0.2, 0.25) is 0 Å². The molecule has 2 aromatic carbocycles. The van der Waals surface area contributed by atoms with Crippen molar-refractivity contribution in [1.29, 1.82) is 0 Å². The third-order valence-corrected chi connectivity index (χ3v) is 7.40. The molecule has 1 aliphatic carbocycles. The number of rotatable bonds is 12. The Labute approximate surface area is 201 Å². The lowest BCUT2D eigenvalue weighted by atomic mass is 9.95. The summed E-state index contributed by atoms with van der Waals surface area (Å²) in [6.45, 7) is 2.28. The fourth-order valence-corrected chi connectivity index (χ4v) is 5.25. The monoisotopic (exact) mass is 439 g/mol. The van der Waals surface area contributed by atoms with Crippen LogP contribution in [0.3, 0.4) is 0 Å². The second kappa shape index (κ2) is 12.7. The van der Waals surface area contributed by atoms with Crippen LogP contribution in [-0.4, -0.2) is 4.98 Å². The van der Waals surface area contributed by atoms with Crippen molar-refractivity contribution in [1.82, 2.24) is 4.98 Å². The van der Waals surface area contributed by atoms with E-state index in [2.05, 4.69) is 73.8 Å². The summed E-state index contributed by atoms with van der Waals surface area (Å²) in [5, 5.41) is 0. The molecule has 0 unspecified atom stereocenters. The molecule has 1 heteroatoms. The van der Waals surface area contributed by atoms with Crippen LogP contribution in [0.5, 0.6) is 0 Å². The molecule has 1 aliphatic rings. The van der Waals surface area contributed by atoms with Gasteiger partial charge in [0.25, 0.3) is 0 Å². The van der Waals surface area contributed by atoms with Crippen molar-refractivity contribution >= 4 is 0 Å². The first-order chi connectivity index (χ1) is 16.3. The van der Waals surface area contributed by atoms with Crippen LogP contribution < -0.4 is 0 Å². The molecular weight excluding hydrogens is 398 g/mol. The third-order valence-electron chi connectivity index (χ3n) is 7.40. The molecule has 0 bridgehead atoms. The molecule has 4 rings (SSSR count). The van der Waals surface area contributed by atoms with Crippen LogP contribution in [0, 0.1) is 0 Å². The zero-order valence-electron chi connectivity index (χ0n) is 20.6. The highest BCUT2D eigenvalue weighted by Crippen LogP contribution is 2.35. The van der Waals surface area contributed by atoms with Crippen LogP contribution in [0.4, 0.5) is 0 Å². The van der Waals surface area contributed by atoms with E-state index in [1.807, 2.05) is 0 Å². The van der Waals surface area contributed by atoms with E-state index in [0.717, 1.165) is 18.0 Å². The van der Waals surface area contributed by atoms with Crippen LogP contribution in [-0.2, 0) is 6.42 Å². The fraction of sp³-hybridized carbons (Fsp3) is 0.469. The maximum absolute atomic E-state index is 4.76. The number of unbranched alkanes of at least 4 members (excludes halogenated alkanes) is 7. The molecule has 0 aliphatic heterocycles. The Morgan fingerprint density at radius 2 is 1.21 bits per heavy atom. The van der Waals surface area contributed by atoms with Crippen molar-refractivity contribution in [3.05, 3.63) is 78.0 Å². The molecule has 1 saturated carbocycles. The standard InChI is InChI=1S/C32H41N/c1-2-3-4-5-6-7-8-9-12-26-15-24-32(33-25-26)31-22-20-30(21-23-31)29-18-16-28(17-19-29)27-13-10-11-14-27/h15-25,27H,2-14H2,1H3. The summed E-state index contributed by atoms with van der Waals surface area (Å²) in [6, 6.07) is 22.6. The largest absolute Gasteiger partial charge is 0.256 e. The van der Waals surface area contributed by atoms with E-state index in [0.29, 0.717) is 0 Å². The van der Waals surface area contributed by atoms with E-state index < -0.39 is 0 Å². The Balaban J connectivity index is 1.25. The van der Waals surface area contributed by atoms with Gasteiger partial charge in [-0.05, 0) is 59.9 Å². The Hall–Kier alpha value is -2.41. The SMILES string of the molecule is CCCCCCCCCCc1ccc(-c2ccc(-c3ccc(C4CCCC4)cc3)cc2)nc1. The molecule has 0 spiro atoms. The second-order valence-corrected chi connectivity index (χ2v) is 9.96. The molecule has 0 saturated heterocycles. The van der Waals surface area contributed by atoms with Crippen LogP contribution in [0.2, 0.25) is 0 Å². The average molecular weight is 440 g/mol. The Bertz CT molecular complexity index is 931. The molecule has 174 valence electrons. The Kier molecular flexibility index (Phi) is 9.16. The van der Waals surface area contributed by atoms with Gasteiger partial charge in [-0.3, -0.25) is 4.98 Å². The smallest absolute Gasteiger partial charge is 0.0702 e. The van der Waals surface area contributed by atoms with Crippen molar-refractivity contribution in [3.8, 4) is 22.4 Å². The predicted molar refractivity (Wildman–Crippen MR) is 143 cm³/mol. The van der Waals surface area contributed by atoms with E-state index in [1.165, 1.54) is 105 Å². The lowest BCUT2D eigenvalue weighted by molar-refractivity contribution is 0.575. The minimum absolute atomic E-state index is 0.783. The van der Waals surface area contributed by atoms with Gasteiger partial charge in [-0.1, -0.05) is 119 Å². The molecule has 1 fully saturated rings. The van der Waals surface area contributed by atoms with Crippen LogP contribution in [0.15, 0.2) is 66.9 Å². The highest BCUT2D eigenvalue weighted by atomic mass is 14.7. The van der Waals surface area contributed by atoms with E-state index in [-0.39, 0.29) is 0 Å². The van der Waals surface area contributed by atoms with Gasteiger partial charge in [-0.2, -0.15) is 0 Å². The molecular formula is C32H41N. The molecule has 1 heterocycles. The lowest BCUT2D eigenvalue weighted by Gasteiger charge is -2.11. The number of nitrogens with zero attached hydrogens (tertiary/aromatic N) is 1. The third kappa shape index (κ3) is 7.03. The van der Waals surface area contributed by atoms with Crippen molar-refractivity contribution < 1.29 is 0 Å². The van der Waals surface area contributed by atoms with Gasteiger partial charge in [-0.15, -0.1) is 0 Å². The molecule has 33 heavy (non-hydrogen) atoms. The normalized spacial score (nSPS) is 14.1. The molecule has 1 nitrogen and oxygen atoms in total. The van der Waals surface area contributed by atoms with Crippen molar-refractivity contribution in [2.75, 3.05) is 0 Å². The minimum Gasteiger partial charge on any atom is -0.256 e. The summed E-state index contributed by atoms with van der Waals surface area (Å²) in [7, 11) is 0. The second-order valence-electron chi connectivity index (χ2n) is 9.96. The van der Waals surface area contributed by atoms with Gasteiger partial charge in [-0.25, -0.2) is 0 Å². The first kappa shape index (κ1) is 23.7. The van der Waals surface area contributed by atoms with Gasteiger partial charge < -0.3 is 0 Å². The maximum Gasteiger partial charge on any atom is 0.0702 e. The topological polar surface area (TPSA) is 12.9 Å². The van der Waals surface area contributed by atoms with Crippen molar-refractivity contribution in [2.45, 2.75) is 96.3 Å². The highest BCUT2D eigenvalue weighted by molar-refractivity contribution is 5.69. The summed E-state index contributed by atoms with van der Waals surface area (Å²) < 4.78 is 0. The highest BCUT2D eigenvalue weighted by Gasteiger charge is 2.16. The molecule has 0 atom stereocenters. The lowest BCUT2D eigenvalue weighted by Crippen LogP contribution is -1.92. The minimum atomic E-state index is 0.783. The summed E-state index contributed by atoms with van der Waals surface area (Å²) >= 11 is 0. The molecule has 0 N–H and O–H groups in total. The number of benzene rings is 2. The number of pyridine rings is 1. The van der Waals surface area contributed by atoms with Gasteiger partial charge in [0.1, 0.15) is 0 Å². The first-order valence-corrected chi connectivity index (χ1v) is 13.5. The Morgan fingerprint density at radius 3 is 1.82 bits per heavy atom. The summed E-state index contributed by atoms with van der Waals surface area (Å²) in [6.07, 6.45) is 19.7. The summed E-state index contributed by atoms with van der Waals surface area (Å²) in [5.74, 6) is 0.783. The fourth-order valence-electron chi connectivity index (χ4n) is 5.25. The van der Waals surface area contributed by atoms with Crippen LogP contribution in [0.1, 0.15) is 101 Å². The predicted octanol–water partition coefficient (Wildman–Crippen LogP) is 9.76. The molecule has 3 aromatic rings. The maximum atomic E-state index is 4.76. The molecule has 1 aromatic heterocycles. The number of aryl methyl sites for hydroxylation is 1. The van der Waals surface area contributed by atoms with E-state index in [9.17, 15) is 0 Å². The van der Waals surface area contributed by atoms with E-state index >= 15 is 0 Å². The van der Waals surface area contributed by atoms with Gasteiger partial charge in [0, 0.05) is 11.8 Å². The Morgan fingerprint density at radius 1 is 0.636 bits per heavy atom. The number of hydrogen-bond acceptors (Lipinski definition) is 1. The number of aromatic nitrogens is 1. The summed E-state index contributed by atoms with van der Waals surface area (Å²) in [4.78, 5) is 4.76. The zero-order valence-corrected chi connectivity index (χ0v) is 20.6. The van der Waals surface area contributed by atoms with Crippen LogP contribution in [0.25, 0.3) is 22.4 Å². The van der Waals surface area contributed by atoms with Gasteiger partial charge in [0.05, 0.1) is 5.69 Å². The molecule has 0 radical (unpaired) electrons. The van der Waals surface area contributed by atoms with Gasteiger partial charge in [0.15, 0.2) is 0 Å². The molecule has 0 amide bonds. The van der Waals surface area contributed by atoms with Crippen molar-refractivity contribution in [3.63, 3.8) is 0 Å². The van der Waals surface area contributed by atoms with Crippen molar-refractivity contribution in [2.24, 2.45) is 0 Å². The van der Waals surface area contributed by atoms with Gasteiger partial charge >= 0.3 is 0 Å². The number of hydrogen-bond donors (Lipinski definition) is 0. The zero-order chi connectivity index (χ0) is 22.7. The summed E-state index contributed by atoms with van der Waals surface area (Å²) in [5.41, 5.74) is 7.73. The van der Waals surface area contributed by atoms with Crippen LogP contribution >= 0.6 is 0 Å². The van der Waals surface area contributed by atoms with E-state index in [4.69, 9.17) is 4.98 Å². The first-order valence-electron chi connectivity index (χ1n) is 13.5. The van der Waals surface area contributed by atoms with E-state index in [1.54, 1.807) is 0 Å².